The molecule has 0 unspecified atom stereocenters. The third kappa shape index (κ3) is 3.35. The van der Waals surface area contributed by atoms with E-state index >= 15 is 0 Å². The van der Waals surface area contributed by atoms with Gasteiger partial charge in [-0.3, -0.25) is 4.68 Å². The molecule has 0 saturated carbocycles. The number of rotatable bonds is 5. The van der Waals surface area contributed by atoms with E-state index in [1.807, 2.05) is 20.0 Å². The first kappa shape index (κ1) is 15.4. The first-order chi connectivity index (χ1) is 9.90. The quantitative estimate of drug-likeness (QED) is 0.889. The van der Waals surface area contributed by atoms with E-state index in [0.717, 1.165) is 35.6 Å². The maximum absolute atomic E-state index is 13.1. The summed E-state index contributed by atoms with van der Waals surface area (Å²) in [4.78, 5) is 0. The SMILES string of the molecule is Cc1cc(F)ccc1CCNc1c(N)c(C(C)C)nn1C. The molecular weight excluding hydrogens is 267 g/mol. The van der Waals surface area contributed by atoms with Crippen LogP contribution in [-0.2, 0) is 13.5 Å². The standard InChI is InChI=1S/C16H23FN4/c1-10(2)15-14(18)16(21(4)20-15)19-8-7-12-5-6-13(17)9-11(12)3/h5-6,9-10,19H,7-8,18H2,1-4H3. The van der Waals surface area contributed by atoms with Gasteiger partial charge >= 0.3 is 0 Å². The minimum absolute atomic E-state index is 0.193. The molecule has 0 bridgehead atoms. The Morgan fingerprint density at radius 3 is 2.67 bits per heavy atom. The molecule has 0 aliphatic carbocycles. The van der Waals surface area contributed by atoms with E-state index in [2.05, 4.69) is 24.3 Å². The number of hydrogen-bond donors (Lipinski definition) is 2. The van der Waals surface area contributed by atoms with Gasteiger partial charge in [0.2, 0.25) is 0 Å². The highest BCUT2D eigenvalue weighted by molar-refractivity contribution is 5.65. The van der Waals surface area contributed by atoms with E-state index in [1.165, 1.54) is 6.07 Å². The van der Waals surface area contributed by atoms with Crippen molar-refractivity contribution in [1.82, 2.24) is 9.78 Å². The van der Waals surface area contributed by atoms with Crippen molar-refractivity contribution in [2.24, 2.45) is 7.05 Å². The van der Waals surface area contributed by atoms with Crippen molar-refractivity contribution >= 4 is 11.5 Å². The third-order valence-electron chi connectivity index (χ3n) is 3.65. The Kier molecular flexibility index (Phi) is 4.50. The average Bonchev–Trinajstić information content (AvgIpc) is 2.69. The monoisotopic (exact) mass is 290 g/mol. The van der Waals surface area contributed by atoms with Crippen LogP contribution in [0.3, 0.4) is 0 Å². The van der Waals surface area contributed by atoms with E-state index in [0.29, 0.717) is 11.6 Å². The fourth-order valence-electron chi connectivity index (χ4n) is 2.45. The van der Waals surface area contributed by atoms with Crippen LogP contribution in [0, 0.1) is 12.7 Å². The largest absolute Gasteiger partial charge is 0.394 e. The van der Waals surface area contributed by atoms with Crippen molar-refractivity contribution < 1.29 is 4.39 Å². The molecular formula is C16H23FN4. The minimum atomic E-state index is -0.193. The van der Waals surface area contributed by atoms with Gasteiger partial charge in [-0.2, -0.15) is 5.10 Å². The summed E-state index contributed by atoms with van der Waals surface area (Å²) in [6.07, 6.45) is 0.813. The molecule has 5 heteroatoms. The molecule has 2 aromatic rings. The Labute approximate surface area is 125 Å². The van der Waals surface area contributed by atoms with Crippen molar-refractivity contribution in [3.63, 3.8) is 0 Å². The van der Waals surface area contributed by atoms with Gasteiger partial charge in [0, 0.05) is 13.6 Å². The summed E-state index contributed by atoms with van der Waals surface area (Å²) >= 11 is 0. The lowest BCUT2D eigenvalue weighted by Crippen LogP contribution is -2.10. The fourth-order valence-corrected chi connectivity index (χ4v) is 2.45. The van der Waals surface area contributed by atoms with Crippen molar-refractivity contribution in [3.05, 3.63) is 40.8 Å². The predicted molar refractivity (Wildman–Crippen MR) is 85.0 cm³/mol. The Hall–Kier alpha value is -2.04. The second-order valence-corrected chi connectivity index (χ2v) is 5.67. The van der Waals surface area contributed by atoms with Crippen LogP contribution < -0.4 is 11.1 Å². The molecule has 114 valence electrons. The molecule has 3 N–H and O–H groups in total. The van der Waals surface area contributed by atoms with Crippen molar-refractivity contribution in [2.45, 2.75) is 33.1 Å². The normalized spacial score (nSPS) is 11.1. The van der Waals surface area contributed by atoms with Crippen molar-refractivity contribution in [2.75, 3.05) is 17.6 Å². The number of aromatic nitrogens is 2. The van der Waals surface area contributed by atoms with Crippen molar-refractivity contribution in [1.29, 1.82) is 0 Å². The third-order valence-corrected chi connectivity index (χ3v) is 3.65. The zero-order valence-electron chi connectivity index (χ0n) is 13.1. The first-order valence-electron chi connectivity index (χ1n) is 7.21. The number of anilines is 2. The van der Waals surface area contributed by atoms with Crippen LogP contribution in [0.25, 0.3) is 0 Å². The van der Waals surface area contributed by atoms with Crippen molar-refractivity contribution in [3.8, 4) is 0 Å². The highest BCUT2D eigenvalue weighted by atomic mass is 19.1. The Bertz CT molecular complexity index is 631. The summed E-state index contributed by atoms with van der Waals surface area (Å²) in [5, 5.41) is 7.77. The Morgan fingerprint density at radius 2 is 2.10 bits per heavy atom. The summed E-state index contributed by atoms with van der Waals surface area (Å²) < 4.78 is 14.9. The summed E-state index contributed by atoms with van der Waals surface area (Å²) in [7, 11) is 1.88. The smallest absolute Gasteiger partial charge is 0.147 e. The predicted octanol–water partition coefficient (Wildman–Crippen LogP) is 3.23. The van der Waals surface area contributed by atoms with E-state index in [9.17, 15) is 4.39 Å². The number of hydrogen-bond acceptors (Lipinski definition) is 3. The van der Waals surface area contributed by atoms with E-state index in [4.69, 9.17) is 5.73 Å². The van der Waals surface area contributed by atoms with Gasteiger partial charge in [0.25, 0.3) is 0 Å². The molecule has 2 rings (SSSR count). The second-order valence-electron chi connectivity index (χ2n) is 5.67. The molecule has 0 fully saturated rings. The molecule has 0 aliphatic rings. The molecule has 4 nitrogen and oxygen atoms in total. The van der Waals surface area contributed by atoms with Gasteiger partial charge in [-0.15, -0.1) is 0 Å². The number of halogens is 1. The van der Waals surface area contributed by atoms with E-state index in [1.54, 1.807) is 10.7 Å². The van der Waals surface area contributed by atoms with E-state index in [-0.39, 0.29) is 5.82 Å². The van der Waals surface area contributed by atoms with Gasteiger partial charge < -0.3 is 11.1 Å². The van der Waals surface area contributed by atoms with Crippen LogP contribution >= 0.6 is 0 Å². The highest BCUT2D eigenvalue weighted by Gasteiger charge is 2.15. The molecule has 0 aliphatic heterocycles. The molecule has 1 heterocycles. The van der Waals surface area contributed by atoms with Gasteiger partial charge in [-0.25, -0.2) is 4.39 Å². The zero-order chi connectivity index (χ0) is 15.6. The molecule has 0 spiro atoms. The summed E-state index contributed by atoms with van der Waals surface area (Å²) in [6.45, 7) is 6.80. The number of nitrogens with zero attached hydrogens (tertiary/aromatic N) is 2. The topological polar surface area (TPSA) is 55.9 Å². The zero-order valence-corrected chi connectivity index (χ0v) is 13.1. The van der Waals surface area contributed by atoms with E-state index < -0.39 is 0 Å². The molecule has 0 radical (unpaired) electrons. The lowest BCUT2D eigenvalue weighted by Gasteiger charge is -2.10. The summed E-state index contributed by atoms with van der Waals surface area (Å²) in [5.41, 5.74) is 9.87. The van der Waals surface area contributed by atoms with Crippen LogP contribution in [0.4, 0.5) is 15.9 Å². The number of aryl methyl sites for hydroxylation is 2. The van der Waals surface area contributed by atoms with Crippen LogP contribution in [0.5, 0.6) is 0 Å². The van der Waals surface area contributed by atoms with Crippen LogP contribution in [-0.4, -0.2) is 16.3 Å². The first-order valence-corrected chi connectivity index (χ1v) is 7.21. The second kappa shape index (κ2) is 6.16. The van der Waals surface area contributed by atoms with Crippen LogP contribution in [0.15, 0.2) is 18.2 Å². The maximum atomic E-state index is 13.1. The van der Waals surface area contributed by atoms with Gasteiger partial charge in [0.1, 0.15) is 11.6 Å². The van der Waals surface area contributed by atoms with Gasteiger partial charge in [0.05, 0.1) is 11.4 Å². The maximum Gasteiger partial charge on any atom is 0.147 e. The molecule has 0 atom stereocenters. The van der Waals surface area contributed by atoms with Gasteiger partial charge in [-0.1, -0.05) is 19.9 Å². The summed E-state index contributed by atoms with van der Waals surface area (Å²) in [5.74, 6) is 0.950. The summed E-state index contributed by atoms with van der Waals surface area (Å²) in [6, 6.07) is 4.89. The molecule has 0 amide bonds. The minimum Gasteiger partial charge on any atom is -0.394 e. The number of nitrogens with two attached hydrogens (primary N) is 1. The van der Waals surface area contributed by atoms with Crippen LogP contribution in [0.1, 0.15) is 36.6 Å². The molecule has 1 aromatic heterocycles. The lowest BCUT2D eigenvalue weighted by molar-refractivity contribution is 0.625. The average molecular weight is 290 g/mol. The fraction of sp³-hybridized carbons (Fsp3) is 0.438. The number of benzene rings is 1. The number of nitrogen functional groups attached to an aromatic ring is 1. The molecule has 0 saturated heterocycles. The van der Waals surface area contributed by atoms with Gasteiger partial charge in [0.15, 0.2) is 0 Å². The van der Waals surface area contributed by atoms with Crippen LogP contribution in [0.2, 0.25) is 0 Å². The molecule has 21 heavy (non-hydrogen) atoms. The Morgan fingerprint density at radius 1 is 1.38 bits per heavy atom. The highest BCUT2D eigenvalue weighted by Crippen LogP contribution is 2.27. The Balaban J connectivity index is 2.04. The molecule has 1 aromatic carbocycles. The van der Waals surface area contributed by atoms with Gasteiger partial charge in [-0.05, 0) is 42.5 Å². The lowest BCUT2D eigenvalue weighted by atomic mass is 10.1. The number of nitrogens with one attached hydrogen (secondary N) is 1.